The predicted molar refractivity (Wildman–Crippen MR) is 98.8 cm³/mol. The van der Waals surface area contributed by atoms with E-state index in [0.29, 0.717) is 47.2 Å². The lowest BCUT2D eigenvalue weighted by Crippen LogP contribution is -1.93. The third-order valence-corrected chi connectivity index (χ3v) is 3.44. The summed E-state index contributed by atoms with van der Waals surface area (Å²) in [6.07, 6.45) is 1.25. The minimum Gasteiger partial charge on any atom is -0.457 e. The molecule has 26 heavy (non-hydrogen) atoms. The number of carbonyl (C=O) groups is 2. The third-order valence-electron chi connectivity index (χ3n) is 3.44. The number of hydrogen-bond acceptors (Lipinski definition) is 4. The van der Waals surface area contributed by atoms with Gasteiger partial charge in [0, 0.05) is 17.4 Å². The second-order valence-electron chi connectivity index (χ2n) is 5.25. The second-order valence-corrected chi connectivity index (χ2v) is 5.25. The van der Waals surface area contributed by atoms with Crippen LogP contribution in [-0.4, -0.2) is 12.8 Å². The Bertz CT molecular complexity index is 806. The first-order chi connectivity index (χ1) is 12.8. The van der Waals surface area contributed by atoms with E-state index in [1.54, 1.807) is 54.6 Å². The molecule has 3 rings (SSSR count). The van der Waals surface area contributed by atoms with Crippen molar-refractivity contribution in [1.29, 1.82) is 0 Å². The molecule has 6 nitrogen and oxygen atoms in total. The van der Waals surface area contributed by atoms with Crippen LogP contribution in [0.5, 0.6) is 23.0 Å². The fourth-order valence-electron chi connectivity index (χ4n) is 2.25. The second kappa shape index (κ2) is 8.34. The van der Waals surface area contributed by atoms with Gasteiger partial charge in [0.05, 0.1) is 0 Å². The molecule has 0 aliphatic heterocycles. The van der Waals surface area contributed by atoms with Crippen molar-refractivity contribution in [2.45, 2.75) is 0 Å². The summed E-state index contributed by atoms with van der Waals surface area (Å²) >= 11 is 0. The largest absolute Gasteiger partial charge is 0.457 e. The summed E-state index contributed by atoms with van der Waals surface area (Å²) in [4.78, 5) is 20.8. The number of benzene rings is 3. The molecule has 0 fully saturated rings. The Kier molecular flexibility index (Phi) is 5.47. The first-order valence-corrected chi connectivity index (χ1v) is 7.83. The summed E-state index contributed by atoms with van der Waals surface area (Å²) in [6.45, 7) is 0. The van der Waals surface area contributed by atoms with Crippen LogP contribution in [0.3, 0.4) is 0 Å². The molecule has 0 aliphatic carbocycles. The summed E-state index contributed by atoms with van der Waals surface area (Å²) in [5.74, 6) is 2.53. The van der Waals surface area contributed by atoms with Gasteiger partial charge in [-0.3, -0.25) is 9.59 Å². The molecule has 0 atom stereocenters. The van der Waals surface area contributed by atoms with Crippen molar-refractivity contribution in [3.8, 4) is 23.0 Å². The van der Waals surface area contributed by atoms with Gasteiger partial charge >= 0.3 is 0 Å². The molecule has 0 heterocycles. The third kappa shape index (κ3) is 4.61. The van der Waals surface area contributed by atoms with Crippen LogP contribution in [0.4, 0.5) is 11.4 Å². The SMILES string of the molecule is O=CNc1ccc(Oc2cccc(Oc3ccc(NC=O)cc3)c2)cc1. The number of carbonyl (C=O) groups excluding carboxylic acids is 2. The zero-order valence-electron chi connectivity index (χ0n) is 13.7. The molecule has 0 spiro atoms. The number of hydrogen-bond donors (Lipinski definition) is 2. The average Bonchev–Trinajstić information content (AvgIpc) is 2.66. The summed E-state index contributed by atoms with van der Waals surface area (Å²) in [5, 5.41) is 5.13. The van der Waals surface area contributed by atoms with Crippen LogP contribution < -0.4 is 20.1 Å². The molecular formula is C20H16N2O4. The van der Waals surface area contributed by atoms with Crippen LogP contribution in [0.25, 0.3) is 0 Å². The van der Waals surface area contributed by atoms with E-state index in [-0.39, 0.29) is 0 Å². The van der Waals surface area contributed by atoms with E-state index in [2.05, 4.69) is 10.6 Å². The molecule has 6 heteroatoms. The van der Waals surface area contributed by atoms with E-state index in [4.69, 9.17) is 9.47 Å². The van der Waals surface area contributed by atoms with Gasteiger partial charge in [0.15, 0.2) is 0 Å². The summed E-state index contributed by atoms with van der Waals surface area (Å²) < 4.78 is 11.6. The fourth-order valence-corrected chi connectivity index (χ4v) is 2.25. The molecule has 2 N–H and O–H groups in total. The minimum atomic E-state index is 0.623. The molecule has 3 aromatic rings. The van der Waals surface area contributed by atoms with Gasteiger partial charge in [-0.1, -0.05) is 6.07 Å². The fraction of sp³-hybridized carbons (Fsp3) is 0. The van der Waals surface area contributed by atoms with Crippen molar-refractivity contribution in [3.63, 3.8) is 0 Å². The lowest BCUT2D eigenvalue weighted by molar-refractivity contribution is -0.106. The highest BCUT2D eigenvalue weighted by Crippen LogP contribution is 2.29. The minimum absolute atomic E-state index is 0.623. The molecule has 0 saturated heterocycles. The van der Waals surface area contributed by atoms with Crippen molar-refractivity contribution in [1.82, 2.24) is 0 Å². The Labute approximate surface area is 150 Å². The monoisotopic (exact) mass is 348 g/mol. The molecular weight excluding hydrogens is 332 g/mol. The molecule has 3 aromatic carbocycles. The van der Waals surface area contributed by atoms with Gasteiger partial charge in [0.25, 0.3) is 0 Å². The van der Waals surface area contributed by atoms with E-state index < -0.39 is 0 Å². The Morgan fingerprint density at radius 3 is 1.38 bits per heavy atom. The number of nitrogens with one attached hydrogen (secondary N) is 2. The summed E-state index contributed by atoms with van der Waals surface area (Å²) in [7, 11) is 0. The molecule has 0 aliphatic rings. The standard InChI is InChI=1S/C20H16N2O4/c23-13-21-15-4-8-17(9-5-15)25-19-2-1-3-20(12-19)26-18-10-6-16(7-11-18)22-14-24/h1-14H,(H,21,23)(H,22,24). The van der Waals surface area contributed by atoms with E-state index in [9.17, 15) is 9.59 Å². The molecule has 130 valence electrons. The molecule has 0 unspecified atom stereocenters. The topological polar surface area (TPSA) is 76.7 Å². The average molecular weight is 348 g/mol. The van der Waals surface area contributed by atoms with Crippen LogP contribution in [0.15, 0.2) is 72.8 Å². The van der Waals surface area contributed by atoms with E-state index >= 15 is 0 Å². The van der Waals surface area contributed by atoms with Gasteiger partial charge < -0.3 is 20.1 Å². The summed E-state index contributed by atoms with van der Waals surface area (Å²) in [6, 6.07) is 21.3. The first kappa shape index (κ1) is 17.0. The van der Waals surface area contributed by atoms with Gasteiger partial charge in [-0.15, -0.1) is 0 Å². The van der Waals surface area contributed by atoms with Gasteiger partial charge in [0.2, 0.25) is 12.8 Å². The number of ether oxygens (including phenoxy) is 2. The van der Waals surface area contributed by atoms with E-state index in [1.165, 1.54) is 0 Å². The lowest BCUT2D eigenvalue weighted by atomic mass is 10.3. The van der Waals surface area contributed by atoms with Crippen LogP contribution >= 0.6 is 0 Å². The predicted octanol–water partition coefficient (Wildman–Crippen LogP) is 4.41. The quantitative estimate of drug-likeness (QED) is 0.591. The number of amides is 2. The zero-order valence-corrected chi connectivity index (χ0v) is 13.7. The Hall–Kier alpha value is -3.80. The maximum atomic E-state index is 10.4. The molecule has 0 radical (unpaired) electrons. The van der Waals surface area contributed by atoms with Crippen molar-refractivity contribution < 1.29 is 19.1 Å². The maximum Gasteiger partial charge on any atom is 0.211 e. The molecule has 2 amide bonds. The summed E-state index contributed by atoms with van der Waals surface area (Å²) in [5.41, 5.74) is 1.38. The van der Waals surface area contributed by atoms with Gasteiger partial charge in [-0.25, -0.2) is 0 Å². The molecule has 0 bridgehead atoms. The van der Waals surface area contributed by atoms with Gasteiger partial charge in [-0.2, -0.15) is 0 Å². The Morgan fingerprint density at radius 2 is 1.00 bits per heavy atom. The normalized spacial score (nSPS) is 9.85. The number of rotatable bonds is 8. The maximum absolute atomic E-state index is 10.4. The van der Waals surface area contributed by atoms with Crippen molar-refractivity contribution >= 4 is 24.2 Å². The van der Waals surface area contributed by atoms with Gasteiger partial charge in [-0.05, 0) is 60.7 Å². The van der Waals surface area contributed by atoms with E-state index in [1.807, 2.05) is 18.2 Å². The number of anilines is 2. The lowest BCUT2D eigenvalue weighted by Gasteiger charge is -2.10. The highest BCUT2D eigenvalue weighted by molar-refractivity contribution is 5.71. The van der Waals surface area contributed by atoms with Crippen LogP contribution in [0, 0.1) is 0 Å². The van der Waals surface area contributed by atoms with Crippen molar-refractivity contribution in [3.05, 3.63) is 72.8 Å². The van der Waals surface area contributed by atoms with Crippen LogP contribution in [0.2, 0.25) is 0 Å². The van der Waals surface area contributed by atoms with Crippen molar-refractivity contribution in [2.24, 2.45) is 0 Å². The highest BCUT2D eigenvalue weighted by Gasteiger charge is 2.02. The zero-order chi connectivity index (χ0) is 18.2. The van der Waals surface area contributed by atoms with Gasteiger partial charge in [0.1, 0.15) is 23.0 Å². The Balaban J connectivity index is 1.67. The highest BCUT2D eigenvalue weighted by atomic mass is 16.5. The molecule has 0 saturated carbocycles. The smallest absolute Gasteiger partial charge is 0.211 e. The molecule has 0 aromatic heterocycles. The van der Waals surface area contributed by atoms with Crippen LogP contribution in [-0.2, 0) is 9.59 Å². The Morgan fingerprint density at radius 1 is 0.577 bits per heavy atom. The first-order valence-electron chi connectivity index (χ1n) is 7.83. The van der Waals surface area contributed by atoms with E-state index in [0.717, 1.165) is 0 Å². The van der Waals surface area contributed by atoms with Crippen LogP contribution in [0.1, 0.15) is 0 Å². The van der Waals surface area contributed by atoms with Crippen molar-refractivity contribution in [2.75, 3.05) is 10.6 Å².